The molecule has 4 rings (SSSR count). The number of para-hydroxylation sites is 2. The topological polar surface area (TPSA) is 26.8 Å². The molecule has 136 valence electrons. The van der Waals surface area contributed by atoms with E-state index >= 15 is 0 Å². The first kappa shape index (κ1) is 17.6. The predicted molar refractivity (Wildman–Crippen MR) is 110 cm³/mol. The van der Waals surface area contributed by atoms with Crippen LogP contribution in [0.3, 0.4) is 0 Å². The highest BCUT2D eigenvalue weighted by molar-refractivity contribution is 9.10. The molecule has 2 aliphatic heterocycles. The Morgan fingerprint density at radius 2 is 2.00 bits per heavy atom. The number of halogens is 1. The van der Waals surface area contributed by atoms with Gasteiger partial charge in [-0.15, -0.1) is 0 Å². The van der Waals surface area contributed by atoms with Gasteiger partial charge in [0, 0.05) is 22.3 Å². The zero-order chi connectivity index (χ0) is 18.3. The summed E-state index contributed by atoms with van der Waals surface area (Å²) in [5, 5.41) is 0. The third kappa shape index (κ3) is 2.93. The molecule has 0 radical (unpaired) electrons. The van der Waals surface area contributed by atoms with Gasteiger partial charge in [-0.3, -0.25) is 4.79 Å². The van der Waals surface area contributed by atoms with Gasteiger partial charge in [-0.2, -0.15) is 0 Å². The molecule has 1 amide bonds. The molecule has 2 aliphatic rings. The second-order valence-electron chi connectivity index (χ2n) is 7.37. The fraction of sp³-hybridized carbons (Fsp3) is 0.381. The Morgan fingerprint density at radius 1 is 1.23 bits per heavy atom. The van der Waals surface area contributed by atoms with E-state index in [0.717, 1.165) is 54.6 Å². The first-order chi connectivity index (χ1) is 12.6. The lowest BCUT2D eigenvalue weighted by Crippen LogP contribution is -2.27. The first-order valence-corrected chi connectivity index (χ1v) is 9.96. The molecule has 0 saturated heterocycles. The minimum atomic E-state index is 0.0583. The number of rotatable bonds is 5. The van der Waals surface area contributed by atoms with E-state index in [4.69, 9.17) is 0 Å². The lowest BCUT2D eigenvalue weighted by Gasteiger charge is -2.29. The Hall–Kier alpha value is -1.85. The van der Waals surface area contributed by atoms with E-state index in [1.807, 2.05) is 11.0 Å². The maximum Gasteiger partial charge on any atom is 0.214 e. The summed E-state index contributed by atoms with van der Waals surface area (Å²) in [6, 6.07) is 12.8. The molecule has 2 aromatic carbocycles. The highest BCUT2D eigenvalue weighted by Gasteiger charge is 2.35. The van der Waals surface area contributed by atoms with Crippen LogP contribution in [0.1, 0.15) is 30.0 Å². The smallest absolute Gasteiger partial charge is 0.214 e. The molecule has 0 aliphatic carbocycles. The Morgan fingerprint density at radius 3 is 2.73 bits per heavy atom. The summed E-state index contributed by atoms with van der Waals surface area (Å²) in [5.41, 5.74) is 6.08. The molecule has 2 heterocycles. The van der Waals surface area contributed by atoms with Gasteiger partial charge in [0.1, 0.15) is 0 Å². The third-order valence-corrected chi connectivity index (χ3v) is 5.86. The minimum absolute atomic E-state index is 0.0583. The molecule has 0 N–H and O–H groups in total. The molecule has 1 unspecified atom stereocenters. The average Bonchev–Trinajstić information content (AvgIpc) is 2.99. The van der Waals surface area contributed by atoms with Crippen molar-refractivity contribution in [3.05, 3.63) is 52.0 Å². The summed E-state index contributed by atoms with van der Waals surface area (Å²) in [7, 11) is 4.19. The van der Waals surface area contributed by atoms with Crippen LogP contribution in [0.2, 0.25) is 0 Å². The summed E-state index contributed by atoms with van der Waals surface area (Å²) in [6.07, 6.45) is 4.05. The quantitative estimate of drug-likeness (QED) is 0.674. The minimum Gasteiger partial charge on any atom is -0.339 e. The van der Waals surface area contributed by atoms with Crippen molar-refractivity contribution in [3.63, 3.8) is 0 Å². The number of hydrogen-bond acceptors (Lipinski definition) is 3. The van der Waals surface area contributed by atoms with E-state index in [-0.39, 0.29) is 6.04 Å². The SMILES string of the molecule is CN(C)CCCC1c2cc(Br)cc3c2N(CC3)c2ccccc2N1C=O. The van der Waals surface area contributed by atoms with E-state index in [1.54, 1.807) is 0 Å². The van der Waals surface area contributed by atoms with Crippen molar-refractivity contribution in [2.24, 2.45) is 0 Å². The van der Waals surface area contributed by atoms with Crippen molar-refractivity contribution in [2.75, 3.05) is 37.0 Å². The van der Waals surface area contributed by atoms with Crippen molar-refractivity contribution in [1.82, 2.24) is 4.90 Å². The zero-order valence-corrected chi connectivity index (χ0v) is 16.9. The average molecular weight is 414 g/mol. The van der Waals surface area contributed by atoms with E-state index in [2.05, 4.69) is 70.2 Å². The summed E-state index contributed by atoms with van der Waals surface area (Å²) in [4.78, 5) is 18.7. The van der Waals surface area contributed by atoms with Crippen molar-refractivity contribution < 1.29 is 4.79 Å². The first-order valence-electron chi connectivity index (χ1n) is 9.17. The van der Waals surface area contributed by atoms with Gasteiger partial charge in [-0.05, 0) is 69.7 Å². The lowest BCUT2D eigenvalue weighted by atomic mass is 9.96. The Bertz CT molecular complexity index is 836. The summed E-state index contributed by atoms with van der Waals surface area (Å²) >= 11 is 3.69. The zero-order valence-electron chi connectivity index (χ0n) is 15.3. The molecule has 0 saturated carbocycles. The number of hydrogen-bond donors (Lipinski definition) is 0. The number of carbonyl (C=O) groups is 1. The van der Waals surface area contributed by atoms with Crippen LogP contribution in [0.5, 0.6) is 0 Å². The van der Waals surface area contributed by atoms with E-state index in [9.17, 15) is 4.79 Å². The molecular formula is C21H24BrN3O. The van der Waals surface area contributed by atoms with Crippen LogP contribution in [0.4, 0.5) is 17.1 Å². The number of carbonyl (C=O) groups excluding carboxylic acids is 1. The van der Waals surface area contributed by atoms with Gasteiger partial charge in [0.25, 0.3) is 0 Å². The summed E-state index contributed by atoms with van der Waals surface area (Å²) in [6.45, 7) is 1.98. The molecule has 0 aromatic heterocycles. The molecule has 26 heavy (non-hydrogen) atoms. The molecular weight excluding hydrogens is 390 g/mol. The lowest BCUT2D eigenvalue weighted by molar-refractivity contribution is -0.107. The molecule has 0 bridgehead atoms. The molecule has 0 spiro atoms. The van der Waals surface area contributed by atoms with Crippen LogP contribution in [0.15, 0.2) is 40.9 Å². The second kappa shape index (κ2) is 7.05. The summed E-state index contributed by atoms with van der Waals surface area (Å²) in [5.74, 6) is 0. The number of fused-ring (bicyclic) bond motifs is 2. The molecule has 1 atom stereocenters. The normalized spacial score (nSPS) is 17.9. The maximum atomic E-state index is 12.2. The van der Waals surface area contributed by atoms with E-state index < -0.39 is 0 Å². The summed E-state index contributed by atoms with van der Waals surface area (Å²) < 4.78 is 1.10. The van der Waals surface area contributed by atoms with Crippen molar-refractivity contribution in [3.8, 4) is 0 Å². The van der Waals surface area contributed by atoms with Crippen molar-refractivity contribution >= 4 is 39.4 Å². The van der Waals surface area contributed by atoms with E-state index in [1.165, 1.54) is 16.8 Å². The number of anilines is 3. The largest absolute Gasteiger partial charge is 0.339 e. The van der Waals surface area contributed by atoms with Gasteiger partial charge in [-0.25, -0.2) is 0 Å². The number of amides is 1. The van der Waals surface area contributed by atoms with Crippen LogP contribution < -0.4 is 9.80 Å². The second-order valence-corrected chi connectivity index (χ2v) is 8.28. The van der Waals surface area contributed by atoms with Gasteiger partial charge in [-0.1, -0.05) is 28.1 Å². The molecule has 0 fully saturated rings. The number of benzene rings is 2. The molecule has 2 aromatic rings. The molecule has 5 heteroatoms. The van der Waals surface area contributed by atoms with Crippen LogP contribution in [0, 0.1) is 0 Å². The predicted octanol–water partition coefficient (Wildman–Crippen LogP) is 4.50. The number of nitrogens with zero attached hydrogens (tertiary/aromatic N) is 3. The van der Waals surface area contributed by atoms with Gasteiger partial charge < -0.3 is 14.7 Å². The van der Waals surface area contributed by atoms with Gasteiger partial charge >= 0.3 is 0 Å². The van der Waals surface area contributed by atoms with E-state index in [0.29, 0.717) is 0 Å². The van der Waals surface area contributed by atoms with Gasteiger partial charge in [0.2, 0.25) is 6.41 Å². The fourth-order valence-corrected chi connectivity index (χ4v) is 4.81. The standard InChI is InChI=1S/C21H24BrN3O/c1-23(2)10-5-8-18-17-13-16(22)12-15-9-11-24(21(15)17)19-6-3-4-7-20(19)25(18)14-26/h3-4,6-7,12-14,18H,5,8-11H2,1-2H3. The monoisotopic (exact) mass is 413 g/mol. The Kier molecular flexibility index (Phi) is 4.76. The Balaban J connectivity index is 1.87. The molecule has 4 nitrogen and oxygen atoms in total. The third-order valence-electron chi connectivity index (χ3n) is 5.40. The highest BCUT2D eigenvalue weighted by Crippen LogP contribution is 2.50. The van der Waals surface area contributed by atoms with Crippen LogP contribution in [0.25, 0.3) is 0 Å². The highest BCUT2D eigenvalue weighted by atomic mass is 79.9. The Labute approximate surface area is 163 Å². The van der Waals surface area contributed by atoms with Crippen LogP contribution >= 0.6 is 15.9 Å². The van der Waals surface area contributed by atoms with Crippen molar-refractivity contribution in [1.29, 1.82) is 0 Å². The van der Waals surface area contributed by atoms with Crippen molar-refractivity contribution in [2.45, 2.75) is 25.3 Å². The van der Waals surface area contributed by atoms with Gasteiger partial charge in [0.15, 0.2) is 0 Å². The van der Waals surface area contributed by atoms with Crippen LogP contribution in [-0.2, 0) is 11.2 Å². The maximum absolute atomic E-state index is 12.2. The van der Waals surface area contributed by atoms with Gasteiger partial charge in [0.05, 0.1) is 17.4 Å². The fourth-order valence-electron chi connectivity index (χ4n) is 4.29. The van der Waals surface area contributed by atoms with Crippen LogP contribution in [-0.4, -0.2) is 38.5 Å².